The molecule has 1 aliphatic heterocycles. The molecule has 5 heteroatoms. The molecule has 1 saturated heterocycles. The van der Waals surface area contributed by atoms with Crippen LogP contribution in [0.1, 0.15) is 22.6 Å². The van der Waals surface area contributed by atoms with E-state index in [-0.39, 0.29) is 11.8 Å². The number of carboxylic acids is 1. The van der Waals surface area contributed by atoms with Gasteiger partial charge in [-0.1, -0.05) is 24.3 Å². The first-order chi connectivity index (χ1) is 10.7. The number of carbonyl (C=O) groups is 1. The van der Waals surface area contributed by atoms with Gasteiger partial charge in [0.15, 0.2) is 0 Å². The summed E-state index contributed by atoms with van der Waals surface area (Å²) in [5.41, 5.74) is 0.869. The Balaban J connectivity index is 1.57. The third-order valence-corrected chi connectivity index (χ3v) is 3.69. The van der Waals surface area contributed by atoms with Gasteiger partial charge in [-0.3, -0.25) is 4.90 Å². The van der Waals surface area contributed by atoms with E-state index >= 15 is 0 Å². The van der Waals surface area contributed by atoms with Crippen molar-refractivity contribution in [1.82, 2.24) is 9.88 Å². The predicted molar refractivity (Wildman–Crippen MR) is 81.9 cm³/mol. The van der Waals surface area contributed by atoms with Gasteiger partial charge in [0.25, 0.3) is 0 Å². The number of pyridine rings is 1. The van der Waals surface area contributed by atoms with Gasteiger partial charge >= 0.3 is 5.97 Å². The lowest BCUT2D eigenvalue weighted by Crippen LogP contribution is -2.25. The van der Waals surface area contributed by atoms with Crippen LogP contribution in [0.3, 0.4) is 0 Å². The molecule has 114 valence electrons. The van der Waals surface area contributed by atoms with Crippen molar-refractivity contribution in [3.8, 4) is 5.75 Å². The van der Waals surface area contributed by atoms with Gasteiger partial charge in [0.2, 0.25) is 0 Å². The van der Waals surface area contributed by atoms with E-state index in [0.29, 0.717) is 6.54 Å². The Hall–Kier alpha value is -2.40. The minimum Gasteiger partial charge on any atom is -0.489 e. The van der Waals surface area contributed by atoms with Crippen LogP contribution in [0.15, 0.2) is 48.5 Å². The van der Waals surface area contributed by atoms with E-state index in [1.165, 1.54) is 6.07 Å². The first kappa shape index (κ1) is 14.5. The second-order valence-electron chi connectivity index (χ2n) is 5.40. The summed E-state index contributed by atoms with van der Waals surface area (Å²) in [6, 6.07) is 14.9. The first-order valence-corrected chi connectivity index (χ1v) is 7.34. The second kappa shape index (κ2) is 6.58. The number of carboxylic acid groups (broad SMARTS) is 1. The van der Waals surface area contributed by atoms with Crippen molar-refractivity contribution >= 4 is 5.97 Å². The van der Waals surface area contributed by atoms with Crippen LogP contribution in [0.2, 0.25) is 0 Å². The molecule has 5 nitrogen and oxygen atoms in total. The summed E-state index contributed by atoms with van der Waals surface area (Å²) in [5, 5.41) is 8.98. The molecule has 3 rings (SSSR count). The van der Waals surface area contributed by atoms with Crippen molar-refractivity contribution in [2.75, 3.05) is 13.1 Å². The molecular formula is C17H18N2O3. The van der Waals surface area contributed by atoms with Gasteiger partial charge in [-0.15, -0.1) is 0 Å². The Morgan fingerprint density at radius 2 is 2.05 bits per heavy atom. The third-order valence-electron chi connectivity index (χ3n) is 3.69. The summed E-state index contributed by atoms with van der Waals surface area (Å²) in [4.78, 5) is 17.3. The lowest BCUT2D eigenvalue weighted by molar-refractivity contribution is 0.0690. The maximum absolute atomic E-state index is 10.9. The minimum absolute atomic E-state index is 0.0915. The first-order valence-electron chi connectivity index (χ1n) is 7.34. The average molecular weight is 298 g/mol. The number of hydrogen-bond acceptors (Lipinski definition) is 4. The molecule has 2 heterocycles. The molecule has 1 aliphatic rings. The monoisotopic (exact) mass is 298 g/mol. The van der Waals surface area contributed by atoms with Crippen molar-refractivity contribution < 1.29 is 14.6 Å². The quantitative estimate of drug-likeness (QED) is 0.918. The van der Waals surface area contributed by atoms with Gasteiger partial charge in [-0.2, -0.15) is 0 Å². The molecule has 0 radical (unpaired) electrons. The summed E-state index contributed by atoms with van der Waals surface area (Å²) in [5.74, 6) is -0.103. The number of benzene rings is 1. The zero-order chi connectivity index (χ0) is 15.4. The molecule has 0 saturated carbocycles. The number of aromatic nitrogens is 1. The molecular weight excluding hydrogens is 280 g/mol. The van der Waals surface area contributed by atoms with Gasteiger partial charge in [0, 0.05) is 19.6 Å². The Labute approximate surface area is 129 Å². The molecule has 22 heavy (non-hydrogen) atoms. The highest BCUT2D eigenvalue weighted by Gasteiger charge is 2.24. The Kier molecular flexibility index (Phi) is 4.34. The molecule has 0 unspecified atom stereocenters. The van der Waals surface area contributed by atoms with Crippen molar-refractivity contribution in [1.29, 1.82) is 0 Å². The second-order valence-corrected chi connectivity index (χ2v) is 5.40. The molecule has 0 bridgehead atoms. The van der Waals surface area contributed by atoms with E-state index in [2.05, 4.69) is 9.88 Å². The van der Waals surface area contributed by atoms with Crippen LogP contribution in [0.4, 0.5) is 0 Å². The SMILES string of the molecule is O=C(O)c1cccc(CN2CC[C@@H](Oc3ccccc3)C2)n1. The van der Waals surface area contributed by atoms with E-state index < -0.39 is 5.97 Å². The van der Waals surface area contributed by atoms with E-state index in [0.717, 1.165) is 31.0 Å². The van der Waals surface area contributed by atoms with Crippen LogP contribution in [0, 0.1) is 0 Å². The normalized spacial score (nSPS) is 18.3. The molecule has 0 aliphatic carbocycles. The summed E-state index contributed by atoms with van der Waals surface area (Å²) < 4.78 is 5.95. The lowest BCUT2D eigenvalue weighted by Gasteiger charge is -2.16. The maximum Gasteiger partial charge on any atom is 0.354 e. The molecule has 1 fully saturated rings. The number of para-hydroxylation sites is 1. The number of ether oxygens (including phenoxy) is 1. The van der Waals surface area contributed by atoms with Crippen LogP contribution in [-0.2, 0) is 6.54 Å². The Morgan fingerprint density at radius 1 is 1.23 bits per heavy atom. The lowest BCUT2D eigenvalue weighted by atomic mass is 10.3. The maximum atomic E-state index is 10.9. The zero-order valence-electron chi connectivity index (χ0n) is 12.2. The molecule has 2 aromatic rings. The third kappa shape index (κ3) is 3.62. The van der Waals surface area contributed by atoms with Crippen molar-refractivity contribution in [2.45, 2.75) is 19.1 Å². The highest BCUT2D eigenvalue weighted by atomic mass is 16.5. The van der Waals surface area contributed by atoms with Crippen LogP contribution in [0.5, 0.6) is 5.75 Å². The van der Waals surface area contributed by atoms with Gasteiger partial charge < -0.3 is 9.84 Å². The van der Waals surface area contributed by atoms with E-state index in [9.17, 15) is 4.79 Å². The van der Waals surface area contributed by atoms with Crippen LogP contribution in [0.25, 0.3) is 0 Å². The van der Waals surface area contributed by atoms with Gasteiger partial charge in [0.05, 0.1) is 5.69 Å². The standard InChI is InChI=1S/C17H18N2O3/c20-17(21)16-8-4-5-13(18-16)11-19-10-9-15(12-19)22-14-6-2-1-3-7-14/h1-8,15H,9-12H2,(H,20,21)/t15-/m1/s1. The summed E-state index contributed by atoms with van der Waals surface area (Å²) in [6.07, 6.45) is 1.14. The highest BCUT2D eigenvalue weighted by molar-refractivity contribution is 5.85. The van der Waals surface area contributed by atoms with Crippen LogP contribution < -0.4 is 4.74 Å². The molecule has 1 N–H and O–H groups in total. The largest absolute Gasteiger partial charge is 0.489 e. The Bertz CT molecular complexity index is 645. The van der Waals surface area contributed by atoms with E-state index in [1.54, 1.807) is 6.07 Å². The van der Waals surface area contributed by atoms with Gasteiger partial charge in [0.1, 0.15) is 17.5 Å². The summed E-state index contributed by atoms with van der Waals surface area (Å²) >= 11 is 0. The minimum atomic E-state index is -0.992. The number of likely N-dealkylation sites (tertiary alicyclic amines) is 1. The predicted octanol–water partition coefficient (Wildman–Crippen LogP) is 2.43. The molecule has 0 amide bonds. The number of nitrogens with zero attached hydrogens (tertiary/aromatic N) is 2. The number of rotatable bonds is 5. The molecule has 1 aromatic carbocycles. The van der Waals surface area contributed by atoms with Crippen molar-refractivity contribution in [2.24, 2.45) is 0 Å². The van der Waals surface area contributed by atoms with Crippen LogP contribution in [-0.4, -0.2) is 40.2 Å². The summed E-state index contributed by atoms with van der Waals surface area (Å²) in [7, 11) is 0. The highest BCUT2D eigenvalue weighted by Crippen LogP contribution is 2.19. The topological polar surface area (TPSA) is 62.7 Å². The molecule has 0 spiro atoms. The van der Waals surface area contributed by atoms with Gasteiger partial charge in [-0.05, 0) is 30.7 Å². The van der Waals surface area contributed by atoms with E-state index in [4.69, 9.17) is 9.84 Å². The fourth-order valence-corrected chi connectivity index (χ4v) is 2.64. The van der Waals surface area contributed by atoms with Crippen LogP contribution >= 0.6 is 0 Å². The Morgan fingerprint density at radius 3 is 2.82 bits per heavy atom. The molecule has 1 atom stereocenters. The van der Waals surface area contributed by atoms with Crippen molar-refractivity contribution in [3.63, 3.8) is 0 Å². The fraction of sp³-hybridized carbons (Fsp3) is 0.294. The summed E-state index contributed by atoms with van der Waals surface area (Å²) in [6.45, 7) is 2.40. The zero-order valence-corrected chi connectivity index (χ0v) is 12.2. The van der Waals surface area contributed by atoms with Crippen molar-refractivity contribution in [3.05, 3.63) is 59.9 Å². The average Bonchev–Trinajstić information content (AvgIpc) is 2.95. The molecule has 1 aromatic heterocycles. The fourth-order valence-electron chi connectivity index (χ4n) is 2.64. The van der Waals surface area contributed by atoms with Gasteiger partial charge in [-0.25, -0.2) is 9.78 Å². The smallest absolute Gasteiger partial charge is 0.354 e. The number of aromatic carboxylic acids is 1. The van der Waals surface area contributed by atoms with E-state index in [1.807, 2.05) is 36.4 Å². The number of hydrogen-bond donors (Lipinski definition) is 1.